The molecule has 1 aromatic heterocycles. The van der Waals surface area contributed by atoms with Crippen LogP contribution in [-0.4, -0.2) is 68.5 Å². The van der Waals surface area contributed by atoms with Gasteiger partial charge in [-0.25, -0.2) is 0 Å². The SMILES string of the molecule is N#Cc1cccc(C2CN(C(=O)[C@@H]3CC[C@@H]4C[C@H]5C[C@H]5C[C@H](NC(=O)c5cc6cc(C(F)(F)P(=O)(O)O)ccc6s5)C(=O)N43)C2)c1. The van der Waals surface area contributed by atoms with E-state index in [2.05, 4.69) is 11.4 Å². The summed E-state index contributed by atoms with van der Waals surface area (Å²) in [6, 6.07) is 12.5. The van der Waals surface area contributed by atoms with Crippen LogP contribution in [0.15, 0.2) is 48.5 Å². The number of carbonyl (C=O) groups is 3. The monoisotopic (exact) mass is 668 g/mol. The molecule has 7 rings (SSSR count). The quantitative estimate of drug-likeness (QED) is 0.327. The molecule has 1 aliphatic carbocycles. The highest BCUT2D eigenvalue weighted by atomic mass is 32.1. The number of amides is 3. The van der Waals surface area contributed by atoms with Crippen LogP contribution < -0.4 is 5.32 Å². The largest absolute Gasteiger partial charge is 0.399 e. The minimum Gasteiger partial charge on any atom is -0.340 e. The fourth-order valence-electron chi connectivity index (χ4n) is 7.31. The topological polar surface area (TPSA) is 151 Å². The summed E-state index contributed by atoms with van der Waals surface area (Å²) in [6.07, 6.45) is 3.51. The molecule has 0 radical (unpaired) electrons. The Morgan fingerprint density at radius 2 is 1.80 bits per heavy atom. The third-order valence-electron chi connectivity index (χ3n) is 9.96. The van der Waals surface area contributed by atoms with Gasteiger partial charge >= 0.3 is 13.3 Å². The van der Waals surface area contributed by atoms with E-state index in [4.69, 9.17) is 9.79 Å². The van der Waals surface area contributed by atoms with Crippen molar-refractivity contribution in [2.75, 3.05) is 13.1 Å². The number of nitrogens with one attached hydrogen (secondary N) is 1. The molecule has 0 spiro atoms. The molecule has 3 amide bonds. The van der Waals surface area contributed by atoms with Crippen LogP contribution in [0.25, 0.3) is 10.1 Å². The highest BCUT2D eigenvalue weighted by Gasteiger charge is 2.53. The molecule has 1 saturated carbocycles. The highest BCUT2D eigenvalue weighted by Crippen LogP contribution is 2.59. The first-order valence-corrected chi connectivity index (χ1v) is 17.7. The second kappa shape index (κ2) is 11.2. The van der Waals surface area contributed by atoms with Gasteiger partial charge in [0.2, 0.25) is 11.8 Å². The van der Waals surface area contributed by atoms with E-state index in [1.807, 2.05) is 18.2 Å². The summed E-state index contributed by atoms with van der Waals surface area (Å²) < 4.78 is 40.4. The lowest BCUT2D eigenvalue weighted by molar-refractivity contribution is -0.149. The Hall–Kier alpha value is -3.69. The predicted octanol–water partition coefficient (Wildman–Crippen LogP) is 4.51. The number of nitrogens with zero attached hydrogens (tertiary/aromatic N) is 3. The number of nitriles is 1. The number of carbonyl (C=O) groups excluding carboxylic acids is 3. The van der Waals surface area contributed by atoms with Crippen LogP contribution in [0, 0.1) is 23.2 Å². The highest BCUT2D eigenvalue weighted by molar-refractivity contribution is 7.52. The fraction of sp³-hybridized carbons (Fsp3) is 0.438. The maximum Gasteiger partial charge on any atom is 0.399 e. The molecule has 14 heteroatoms. The maximum atomic E-state index is 14.3. The molecule has 2 aromatic carbocycles. The molecule has 4 heterocycles. The summed E-state index contributed by atoms with van der Waals surface area (Å²) in [6.45, 7) is 1.02. The molecule has 3 aromatic rings. The minimum absolute atomic E-state index is 0.0843. The molecule has 0 bridgehead atoms. The van der Waals surface area contributed by atoms with Crippen molar-refractivity contribution in [3.05, 3.63) is 70.1 Å². The number of likely N-dealkylation sites (tertiary alicyclic amines) is 1. The zero-order valence-corrected chi connectivity index (χ0v) is 26.2. The van der Waals surface area contributed by atoms with Crippen LogP contribution in [0.2, 0.25) is 0 Å². The van der Waals surface area contributed by atoms with Crippen LogP contribution in [0.3, 0.4) is 0 Å². The fourth-order valence-corrected chi connectivity index (χ4v) is 8.74. The standard InChI is InChI=1S/C32H31F2N4O6PS/c33-32(34,45(42,43)44)23-4-7-27-21(10-23)13-28(46-27)29(39)36-25-12-20-9-19(20)11-24-5-6-26(38(24)30(25)40)31(41)37-15-22(16-37)18-3-1-2-17(8-18)14-35/h1-4,7-8,10,13,19-20,22,24-26H,5-6,9,11-12,15-16H2,(H,36,39)(H2,42,43,44)/t19-,20+,24-,25+,26+/m1/s1. The van der Waals surface area contributed by atoms with Crippen LogP contribution in [0.5, 0.6) is 0 Å². The number of halogens is 2. The second-order valence-electron chi connectivity index (χ2n) is 12.9. The molecule has 3 aliphatic heterocycles. The summed E-state index contributed by atoms with van der Waals surface area (Å²) in [4.78, 5) is 63.1. The summed E-state index contributed by atoms with van der Waals surface area (Å²) >= 11 is 1.03. The average Bonchev–Trinajstić information content (AvgIpc) is 3.35. The Morgan fingerprint density at radius 1 is 1.04 bits per heavy atom. The van der Waals surface area contributed by atoms with E-state index >= 15 is 0 Å². The molecule has 4 aliphatic rings. The van der Waals surface area contributed by atoms with Crippen LogP contribution in [0.4, 0.5) is 8.78 Å². The lowest BCUT2D eigenvalue weighted by Gasteiger charge is -2.43. The van der Waals surface area contributed by atoms with E-state index < -0.39 is 36.8 Å². The number of fused-ring (bicyclic) bond motifs is 3. The Labute approximate surface area is 267 Å². The number of rotatable bonds is 6. The second-order valence-corrected chi connectivity index (χ2v) is 15.6. The third-order valence-corrected chi connectivity index (χ3v) is 12.1. The normalized spacial score (nSPS) is 26.4. The van der Waals surface area contributed by atoms with Crippen LogP contribution in [-0.2, 0) is 19.8 Å². The Bertz CT molecular complexity index is 1850. The third kappa shape index (κ3) is 5.41. The molecule has 0 unspecified atom stereocenters. The van der Waals surface area contributed by atoms with E-state index in [0.717, 1.165) is 41.9 Å². The Balaban J connectivity index is 1.07. The van der Waals surface area contributed by atoms with Gasteiger partial charge in [0.25, 0.3) is 5.91 Å². The average molecular weight is 669 g/mol. The molecule has 46 heavy (non-hydrogen) atoms. The minimum atomic E-state index is -5.76. The van der Waals surface area contributed by atoms with E-state index in [9.17, 15) is 33.0 Å². The molecular formula is C32H31F2N4O6PS. The molecule has 5 atom stereocenters. The van der Waals surface area contributed by atoms with Gasteiger partial charge in [0.15, 0.2) is 0 Å². The van der Waals surface area contributed by atoms with Gasteiger partial charge in [-0.3, -0.25) is 18.9 Å². The molecular weight excluding hydrogens is 637 g/mol. The Morgan fingerprint density at radius 3 is 2.54 bits per heavy atom. The van der Waals surface area contributed by atoms with Crippen molar-refractivity contribution in [1.82, 2.24) is 15.1 Å². The summed E-state index contributed by atoms with van der Waals surface area (Å²) in [5.41, 5.74) is -3.66. The van der Waals surface area contributed by atoms with Crippen molar-refractivity contribution < 1.29 is 37.5 Å². The van der Waals surface area contributed by atoms with Gasteiger partial charge in [-0.05, 0) is 85.2 Å². The lowest BCUT2D eigenvalue weighted by atomic mass is 9.89. The molecule has 3 N–H and O–H groups in total. The Kier molecular flexibility index (Phi) is 7.55. The molecule has 10 nitrogen and oxygen atoms in total. The zero-order chi connectivity index (χ0) is 32.5. The molecule has 4 fully saturated rings. The van der Waals surface area contributed by atoms with Gasteiger partial charge in [-0.2, -0.15) is 14.0 Å². The van der Waals surface area contributed by atoms with E-state index in [1.54, 1.807) is 15.9 Å². The summed E-state index contributed by atoms with van der Waals surface area (Å²) in [5.74, 6) is -0.0991. The van der Waals surface area contributed by atoms with Gasteiger partial charge in [-0.1, -0.05) is 18.2 Å². The number of benzene rings is 2. The van der Waals surface area contributed by atoms with Crippen LogP contribution in [0.1, 0.15) is 64.4 Å². The lowest BCUT2D eigenvalue weighted by Crippen LogP contribution is -2.59. The van der Waals surface area contributed by atoms with E-state index in [1.165, 1.54) is 12.1 Å². The van der Waals surface area contributed by atoms with Crippen molar-refractivity contribution in [2.45, 2.75) is 61.8 Å². The van der Waals surface area contributed by atoms with Gasteiger partial charge in [0.1, 0.15) is 12.1 Å². The van der Waals surface area contributed by atoms with E-state index in [0.29, 0.717) is 54.5 Å². The predicted molar refractivity (Wildman–Crippen MR) is 164 cm³/mol. The van der Waals surface area contributed by atoms with Gasteiger partial charge in [0, 0.05) is 35.3 Å². The first-order chi connectivity index (χ1) is 21.8. The molecule has 240 valence electrons. The summed E-state index contributed by atoms with van der Waals surface area (Å²) in [7, 11) is -5.76. The van der Waals surface area contributed by atoms with Crippen molar-refractivity contribution in [3.8, 4) is 6.07 Å². The van der Waals surface area contributed by atoms with Crippen molar-refractivity contribution in [2.24, 2.45) is 11.8 Å². The zero-order valence-electron chi connectivity index (χ0n) is 24.5. The number of alkyl halides is 2. The van der Waals surface area contributed by atoms with Gasteiger partial charge in [0.05, 0.1) is 16.5 Å². The first-order valence-electron chi connectivity index (χ1n) is 15.2. The number of hydrogen-bond donors (Lipinski definition) is 3. The summed E-state index contributed by atoms with van der Waals surface area (Å²) in [5, 5.41) is 12.3. The van der Waals surface area contributed by atoms with E-state index in [-0.39, 0.29) is 34.0 Å². The van der Waals surface area contributed by atoms with Crippen molar-refractivity contribution >= 4 is 46.7 Å². The van der Waals surface area contributed by atoms with Gasteiger partial charge in [-0.15, -0.1) is 11.3 Å². The van der Waals surface area contributed by atoms with Gasteiger partial charge < -0.3 is 24.9 Å². The first kappa shape index (κ1) is 30.9. The maximum absolute atomic E-state index is 14.3. The smallest absolute Gasteiger partial charge is 0.340 e. The number of hydrogen-bond acceptors (Lipinski definition) is 6. The number of thiophene rings is 1. The van der Waals surface area contributed by atoms with Crippen molar-refractivity contribution in [3.63, 3.8) is 0 Å². The van der Waals surface area contributed by atoms with Crippen LogP contribution >= 0.6 is 18.9 Å². The van der Waals surface area contributed by atoms with Crippen molar-refractivity contribution in [1.29, 1.82) is 5.26 Å². The molecule has 3 saturated heterocycles.